The van der Waals surface area contributed by atoms with Crippen LogP contribution in [-0.2, 0) is 17.5 Å². The van der Waals surface area contributed by atoms with Crippen molar-refractivity contribution < 1.29 is 22.9 Å². The Balaban J connectivity index is 2.17. The quantitative estimate of drug-likeness (QED) is 0.364. The number of amides is 1. The van der Waals surface area contributed by atoms with Crippen LogP contribution in [0.3, 0.4) is 0 Å². The van der Waals surface area contributed by atoms with Crippen LogP contribution in [0.25, 0.3) is 6.08 Å². The van der Waals surface area contributed by atoms with E-state index >= 15 is 0 Å². The van der Waals surface area contributed by atoms with Crippen LogP contribution in [0.4, 0.5) is 18.9 Å². The lowest BCUT2D eigenvalue weighted by Gasteiger charge is -2.24. The minimum Gasteiger partial charge on any atom is -0.334 e. The molecule has 0 aromatic heterocycles. The average Bonchev–Trinajstić information content (AvgIpc) is 2.69. The van der Waals surface area contributed by atoms with E-state index in [9.17, 15) is 28.1 Å². The zero-order valence-corrected chi connectivity index (χ0v) is 16.6. The van der Waals surface area contributed by atoms with Crippen LogP contribution in [0.5, 0.6) is 0 Å². The van der Waals surface area contributed by atoms with E-state index in [-0.39, 0.29) is 18.1 Å². The van der Waals surface area contributed by atoms with Crippen LogP contribution in [-0.4, -0.2) is 47.8 Å². The summed E-state index contributed by atoms with van der Waals surface area (Å²) in [5, 5.41) is 10.7. The Morgan fingerprint density at radius 3 is 2.33 bits per heavy atom. The van der Waals surface area contributed by atoms with Gasteiger partial charge in [0, 0.05) is 37.8 Å². The van der Waals surface area contributed by atoms with Gasteiger partial charge in [0.2, 0.25) is 5.91 Å². The highest BCUT2D eigenvalue weighted by molar-refractivity contribution is 5.91. The summed E-state index contributed by atoms with van der Waals surface area (Å²) in [5.74, 6) is -0.368. The maximum absolute atomic E-state index is 13.0. The number of nitro benzene ring substituents is 1. The largest absolute Gasteiger partial charge is 0.416 e. The Kier molecular flexibility index (Phi) is 7.71. The second kappa shape index (κ2) is 10.0. The maximum Gasteiger partial charge on any atom is 0.416 e. The number of halogens is 3. The van der Waals surface area contributed by atoms with E-state index in [1.54, 1.807) is 6.07 Å². The lowest BCUT2D eigenvalue weighted by atomic mass is 10.1. The van der Waals surface area contributed by atoms with Gasteiger partial charge in [0.05, 0.1) is 10.5 Å². The highest BCUT2D eigenvalue weighted by atomic mass is 19.4. The fourth-order valence-corrected chi connectivity index (χ4v) is 2.63. The van der Waals surface area contributed by atoms with Crippen LogP contribution >= 0.6 is 0 Å². The first-order valence-corrected chi connectivity index (χ1v) is 9.08. The van der Waals surface area contributed by atoms with E-state index in [2.05, 4.69) is 0 Å². The fraction of sp³-hybridized carbons (Fsp3) is 0.286. The first-order valence-electron chi connectivity index (χ1n) is 9.08. The summed E-state index contributed by atoms with van der Waals surface area (Å²) in [6, 6.07) is 10.6. The van der Waals surface area contributed by atoms with Gasteiger partial charge >= 0.3 is 6.18 Å². The number of nitrogens with zero attached hydrogens (tertiary/aromatic N) is 3. The van der Waals surface area contributed by atoms with E-state index < -0.39 is 16.7 Å². The van der Waals surface area contributed by atoms with Gasteiger partial charge in [-0.3, -0.25) is 14.9 Å². The molecule has 0 radical (unpaired) electrons. The van der Waals surface area contributed by atoms with Crippen LogP contribution in [0.15, 0.2) is 54.6 Å². The summed E-state index contributed by atoms with van der Waals surface area (Å²) in [5.41, 5.74) is 0.151. The van der Waals surface area contributed by atoms with Gasteiger partial charge in [-0.25, -0.2) is 0 Å². The highest BCUT2D eigenvalue weighted by Crippen LogP contribution is 2.29. The third kappa shape index (κ3) is 7.00. The molecule has 2 aromatic carbocycles. The van der Waals surface area contributed by atoms with E-state index in [0.717, 1.165) is 12.1 Å². The molecular formula is C21H22F3N3O3. The highest BCUT2D eigenvalue weighted by Gasteiger charge is 2.30. The molecule has 1 amide bonds. The lowest BCUT2D eigenvalue weighted by Crippen LogP contribution is -2.35. The Morgan fingerprint density at radius 1 is 1.10 bits per heavy atom. The van der Waals surface area contributed by atoms with Crippen molar-refractivity contribution in [2.45, 2.75) is 12.7 Å². The molecule has 30 heavy (non-hydrogen) atoms. The van der Waals surface area contributed by atoms with Crippen molar-refractivity contribution in [3.8, 4) is 0 Å². The minimum absolute atomic E-state index is 0.0290. The standard InChI is InChI=1S/C21H22F3N3O3/c1-25(2)12-13-26(15-17-4-3-5-18(14-17)21(22,23)24)20(28)11-8-16-6-9-19(10-7-16)27(29)30/h3-11,14H,12-13,15H2,1-2H3. The van der Waals surface area contributed by atoms with Gasteiger partial charge in [-0.2, -0.15) is 13.2 Å². The number of hydrogen-bond donors (Lipinski definition) is 0. The van der Waals surface area contributed by atoms with Crippen LogP contribution in [0, 0.1) is 10.1 Å². The van der Waals surface area contributed by atoms with Gasteiger partial charge in [-0.15, -0.1) is 0 Å². The predicted molar refractivity (Wildman–Crippen MR) is 108 cm³/mol. The topological polar surface area (TPSA) is 66.7 Å². The Bertz CT molecular complexity index is 910. The van der Waals surface area contributed by atoms with Crippen molar-refractivity contribution in [3.05, 3.63) is 81.4 Å². The van der Waals surface area contributed by atoms with Gasteiger partial charge < -0.3 is 9.80 Å². The van der Waals surface area contributed by atoms with Crippen molar-refractivity contribution >= 4 is 17.7 Å². The molecule has 0 aliphatic heterocycles. The second-order valence-corrected chi connectivity index (χ2v) is 6.94. The zero-order valence-electron chi connectivity index (χ0n) is 16.6. The first-order chi connectivity index (χ1) is 14.1. The molecule has 0 N–H and O–H groups in total. The molecule has 0 fully saturated rings. The molecule has 0 spiro atoms. The normalized spacial score (nSPS) is 11.8. The molecule has 9 heteroatoms. The number of nitro groups is 1. The number of likely N-dealkylation sites (N-methyl/N-ethyl adjacent to an activating group) is 1. The summed E-state index contributed by atoms with van der Waals surface area (Å²) in [7, 11) is 3.67. The summed E-state index contributed by atoms with van der Waals surface area (Å²) < 4.78 is 38.9. The Labute approximate surface area is 172 Å². The molecule has 0 saturated carbocycles. The van der Waals surface area contributed by atoms with Crippen LogP contribution in [0.1, 0.15) is 16.7 Å². The monoisotopic (exact) mass is 421 g/mol. The van der Waals surface area contributed by atoms with E-state index in [4.69, 9.17) is 0 Å². The van der Waals surface area contributed by atoms with Crippen LogP contribution in [0.2, 0.25) is 0 Å². The summed E-state index contributed by atoms with van der Waals surface area (Å²) >= 11 is 0. The summed E-state index contributed by atoms with van der Waals surface area (Å²) in [6.07, 6.45) is -1.63. The Hall–Kier alpha value is -3.20. The first kappa shape index (κ1) is 23.1. The van der Waals surface area contributed by atoms with E-state index in [1.165, 1.54) is 47.4 Å². The second-order valence-electron chi connectivity index (χ2n) is 6.94. The molecule has 0 heterocycles. The van der Waals surface area contributed by atoms with Crippen molar-refractivity contribution in [2.24, 2.45) is 0 Å². The minimum atomic E-state index is -4.45. The number of rotatable bonds is 8. The number of hydrogen-bond acceptors (Lipinski definition) is 4. The van der Waals surface area contributed by atoms with Gasteiger partial charge in [0.25, 0.3) is 5.69 Å². The van der Waals surface area contributed by atoms with Crippen molar-refractivity contribution in [2.75, 3.05) is 27.2 Å². The molecule has 0 aliphatic carbocycles. The molecule has 6 nitrogen and oxygen atoms in total. The van der Waals surface area contributed by atoms with Gasteiger partial charge in [0.1, 0.15) is 0 Å². The molecule has 2 rings (SSSR count). The number of alkyl halides is 3. The summed E-state index contributed by atoms with van der Waals surface area (Å²) in [4.78, 5) is 26.2. The van der Waals surface area contributed by atoms with Crippen molar-refractivity contribution in [1.82, 2.24) is 9.80 Å². The molecule has 0 unspecified atom stereocenters. The van der Waals surface area contributed by atoms with Gasteiger partial charge in [-0.05, 0) is 55.6 Å². The molecule has 160 valence electrons. The van der Waals surface area contributed by atoms with Crippen molar-refractivity contribution in [3.63, 3.8) is 0 Å². The van der Waals surface area contributed by atoms with Crippen molar-refractivity contribution in [1.29, 1.82) is 0 Å². The van der Waals surface area contributed by atoms with Gasteiger partial charge in [0.15, 0.2) is 0 Å². The molecule has 0 saturated heterocycles. The maximum atomic E-state index is 13.0. The lowest BCUT2D eigenvalue weighted by molar-refractivity contribution is -0.384. The zero-order chi connectivity index (χ0) is 22.3. The van der Waals surface area contributed by atoms with E-state index in [1.807, 2.05) is 19.0 Å². The van der Waals surface area contributed by atoms with Gasteiger partial charge in [-0.1, -0.05) is 12.1 Å². The fourth-order valence-electron chi connectivity index (χ4n) is 2.63. The third-order valence-corrected chi connectivity index (χ3v) is 4.28. The molecular weight excluding hydrogens is 399 g/mol. The van der Waals surface area contributed by atoms with E-state index in [0.29, 0.717) is 24.2 Å². The molecule has 2 aromatic rings. The summed E-state index contributed by atoms with van der Waals surface area (Å²) in [6.45, 7) is 0.893. The average molecular weight is 421 g/mol. The molecule has 0 bridgehead atoms. The number of carbonyl (C=O) groups excluding carboxylic acids is 1. The molecule has 0 atom stereocenters. The number of non-ortho nitro benzene ring substituents is 1. The number of benzene rings is 2. The smallest absolute Gasteiger partial charge is 0.334 e. The Morgan fingerprint density at radius 2 is 1.77 bits per heavy atom. The van der Waals surface area contributed by atoms with Crippen LogP contribution < -0.4 is 0 Å². The predicted octanol–water partition coefficient (Wildman–Crippen LogP) is 4.22. The SMILES string of the molecule is CN(C)CCN(Cc1cccc(C(F)(F)F)c1)C(=O)C=Cc1ccc([N+](=O)[O-])cc1. The molecule has 0 aliphatic rings. The third-order valence-electron chi connectivity index (χ3n) is 4.28. The number of carbonyl (C=O) groups is 1.